The smallest absolute Gasteiger partial charge is 0.223 e. The van der Waals surface area contributed by atoms with Gasteiger partial charge in [-0.2, -0.15) is 0 Å². The van der Waals surface area contributed by atoms with E-state index in [2.05, 4.69) is 5.32 Å². The molecule has 4 heteroatoms. The number of hydrogen-bond acceptors (Lipinski definition) is 1. The molecule has 1 unspecified atom stereocenters. The van der Waals surface area contributed by atoms with E-state index in [9.17, 15) is 13.6 Å². The number of β-lactam (4-membered cyclic amide) rings is 1. The summed E-state index contributed by atoms with van der Waals surface area (Å²) in [5, 5.41) is 2.56. The van der Waals surface area contributed by atoms with Gasteiger partial charge >= 0.3 is 0 Å². The minimum Gasteiger partial charge on any atom is -0.346 e. The van der Waals surface area contributed by atoms with Gasteiger partial charge in [0.15, 0.2) is 11.6 Å². The number of hydrogen-bond donors (Lipinski definition) is 1. The van der Waals surface area contributed by atoms with Crippen LogP contribution in [0, 0.1) is 11.6 Å². The first-order valence-electron chi connectivity index (χ1n) is 4.28. The molecular weight excluding hydrogens is 188 g/mol. The average Bonchev–Trinajstić information content (AvgIpc) is 2.07. The van der Waals surface area contributed by atoms with Crippen LogP contribution in [0.5, 0.6) is 0 Å². The van der Waals surface area contributed by atoms with Crippen LogP contribution in [-0.2, 0) is 10.3 Å². The Morgan fingerprint density at radius 3 is 2.64 bits per heavy atom. The Kier molecular flexibility index (Phi) is 1.80. The van der Waals surface area contributed by atoms with E-state index in [1.165, 1.54) is 12.1 Å². The lowest BCUT2D eigenvalue weighted by atomic mass is 9.82. The molecule has 0 radical (unpaired) electrons. The summed E-state index contributed by atoms with van der Waals surface area (Å²) < 4.78 is 26.2. The number of benzene rings is 1. The SMILES string of the molecule is CC1(c2cccc(F)c2F)CC(=O)N1. The van der Waals surface area contributed by atoms with Crippen molar-refractivity contribution >= 4 is 5.91 Å². The van der Waals surface area contributed by atoms with E-state index in [0.29, 0.717) is 0 Å². The maximum atomic E-state index is 13.3. The zero-order valence-electron chi connectivity index (χ0n) is 7.60. The van der Waals surface area contributed by atoms with Gasteiger partial charge in [0.2, 0.25) is 5.91 Å². The molecule has 1 aliphatic rings. The van der Waals surface area contributed by atoms with E-state index < -0.39 is 17.2 Å². The fraction of sp³-hybridized carbons (Fsp3) is 0.300. The van der Waals surface area contributed by atoms with Crippen LogP contribution in [0.15, 0.2) is 18.2 Å². The Morgan fingerprint density at radius 2 is 2.07 bits per heavy atom. The van der Waals surface area contributed by atoms with Crippen molar-refractivity contribution in [2.75, 3.05) is 0 Å². The number of nitrogens with one attached hydrogen (secondary N) is 1. The van der Waals surface area contributed by atoms with Gasteiger partial charge < -0.3 is 5.32 Å². The monoisotopic (exact) mass is 197 g/mol. The van der Waals surface area contributed by atoms with Crippen molar-refractivity contribution < 1.29 is 13.6 Å². The lowest BCUT2D eigenvalue weighted by molar-refractivity contribution is -0.132. The van der Waals surface area contributed by atoms with Crippen molar-refractivity contribution in [3.8, 4) is 0 Å². The molecule has 1 aromatic rings. The van der Waals surface area contributed by atoms with Crippen molar-refractivity contribution in [3.05, 3.63) is 35.4 Å². The maximum absolute atomic E-state index is 13.3. The summed E-state index contributed by atoms with van der Waals surface area (Å²) in [7, 11) is 0. The summed E-state index contributed by atoms with van der Waals surface area (Å²) in [4.78, 5) is 10.8. The average molecular weight is 197 g/mol. The second-order valence-electron chi connectivity index (χ2n) is 3.66. The van der Waals surface area contributed by atoms with Gasteiger partial charge in [-0.1, -0.05) is 12.1 Å². The highest BCUT2D eigenvalue weighted by Crippen LogP contribution is 2.33. The van der Waals surface area contributed by atoms with Crippen LogP contribution in [-0.4, -0.2) is 5.91 Å². The Labute approximate surface area is 79.9 Å². The molecule has 1 N–H and O–H groups in total. The molecule has 14 heavy (non-hydrogen) atoms. The molecule has 1 aliphatic heterocycles. The van der Waals surface area contributed by atoms with Crippen molar-refractivity contribution in [3.63, 3.8) is 0 Å². The van der Waals surface area contributed by atoms with Gasteiger partial charge in [0, 0.05) is 5.56 Å². The molecule has 2 nitrogen and oxygen atoms in total. The maximum Gasteiger partial charge on any atom is 0.223 e. The second kappa shape index (κ2) is 2.77. The molecule has 0 saturated carbocycles. The van der Waals surface area contributed by atoms with Crippen molar-refractivity contribution in [1.29, 1.82) is 0 Å². The first-order chi connectivity index (χ1) is 6.53. The molecule has 2 rings (SSSR count). The zero-order chi connectivity index (χ0) is 10.3. The number of carbonyl (C=O) groups is 1. The minimum absolute atomic E-state index is 0.142. The Hall–Kier alpha value is -1.45. The molecule has 1 heterocycles. The third-order valence-corrected chi connectivity index (χ3v) is 2.48. The minimum atomic E-state index is -0.884. The van der Waals surface area contributed by atoms with Crippen LogP contribution in [0.25, 0.3) is 0 Å². The first kappa shape index (κ1) is 9.12. The zero-order valence-corrected chi connectivity index (χ0v) is 7.60. The highest BCUT2D eigenvalue weighted by atomic mass is 19.2. The topological polar surface area (TPSA) is 29.1 Å². The molecule has 1 aromatic carbocycles. The number of amides is 1. The Balaban J connectivity index is 2.42. The standard InChI is InChI=1S/C10H9F2NO/c1-10(5-8(14)13-10)6-3-2-4-7(11)9(6)12/h2-4H,5H2,1H3,(H,13,14). The van der Waals surface area contributed by atoms with Crippen molar-refractivity contribution in [2.45, 2.75) is 18.9 Å². The number of halogens is 2. The van der Waals surface area contributed by atoms with Crippen LogP contribution in [0.1, 0.15) is 18.9 Å². The van der Waals surface area contributed by atoms with Gasteiger partial charge in [0.1, 0.15) is 0 Å². The quantitative estimate of drug-likeness (QED) is 0.682. The molecule has 1 fully saturated rings. The molecule has 0 spiro atoms. The van der Waals surface area contributed by atoms with E-state index in [1.807, 2.05) is 0 Å². The summed E-state index contributed by atoms with van der Waals surface area (Å²) in [6.45, 7) is 1.67. The van der Waals surface area contributed by atoms with Crippen LogP contribution < -0.4 is 5.32 Å². The third kappa shape index (κ3) is 1.18. The van der Waals surface area contributed by atoms with E-state index in [0.717, 1.165) is 6.07 Å². The lowest BCUT2D eigenvalue weighted by Crippen LogP contribution is -2.56. The molecule has 0 bridgehead atoms. The molecule has 0 aliphatic carbocycles. The summed E-state index contributed by atoms with van der Waals surface area (Å²) >= 11 is 0. The molecule has 0 aromatic heterocycles. The first-order valence-corrected chi connectivity index (χ1v) is 4.28. The summed E-state index contributed by atoms with van der Waals surface area (Å²) in [6, 6.07) is 3.98. The predicted octanol–water partition coefficient (Wildman–Crippen LogP) is 1.70. The van der Waals surface area contributed by atoms with E-state index in [4.69, 9.17) is 0 Å². The van der Waals surface area contributed by atoms with E-state index in [-0.39, 0.29) is 17.9 Å². The summed E-state index contributed by atoms with van der Waals surface area (Å²) in [6.07, 6.45) is 0.202. The van der Waals surface area contributed by atoms with Gasteiger partial charge in [-0.15, -0.1) is 0 Å². The fourth-order valence-electron chi connectivity index (χ4n) is 1.70. The Morgan fingerprint density at radius 1 is 1.43 bits per heavy atom. The van der Waals surface area contributed by atoms with Gasteiger partial charge in [-0.05, 0) is 13.0 Å². The molecule has 1 saturated heterocycles. The summed E-state index contributed by atoms with van der Waals surface area (Å²) in [5.74, 6) is -1.91. The van der Waals surface area contributed by atoms with E-state index in [1.54, 1.807) is 6.92 Å². The van der Waals surface area contributed by atoms with Gasteiger partial charge in [-0.3, -0.25) is 4.79 Å². The van der Waals surface area contributed by atoms with Gasteiger partial charge in [0.05, 0.1) is 12.0 Å². The molecule has 1 amide bonds. The normalized spacial score (nSPS) is 25.5. The van der Waals surface area contributed by atoms with Crippen LogP contribution >= 0.6 is 0 Å². The molecular formula is C10H9F2NO. The lowest BCUT2D eigenvalue weighted by Gasteiger charge is -2.39. The van der Waals surface area contributed by atoms with Gasteiger partial charge in [0.25, 0.3) is 0 Å². The predicted molar refractivity (Wildman–Crippen MR) is 46.5 cm³/mol. The highest BCUT2D eigenvalue weighted by Gasteiger charge is 2.42. The third-order valence-electron chi connectivity index (χ3n) is 2.48. The van der Waals surface area contributed by atoms with Crippen LogP contribution in [0.4, 0.5) is 8.78 Å². The number of rotatable bonds is 1. The second-order valence-corrected chi connectivity index (χ2v) is 3.66. The highest BCUT2D eigenvalue weighted by molar-refractivity contribution is 5.85. The van der Waals surface area contributed by atoms with Crippen molar-refractivity contribution in [1.82, 2.24) is 5.32 Å². The van der Waals surface area contributed by atoms with Crippen LogP contribution in [0.3, 0.4) is 0 Å². The van der Waals surface area contributed by atoms with E-state index >= 15 is 0 Å². The largest absolute Gasteiger partial charge is 0.346 e. The molecule has 74 valence electrons. The molecule has 1 atom stereocenters. The number of carbonyl (C=O) groups excluding carboxylic acids is 1. The van der Waals surface area contributed by atoms with Crippen molar-refractivity contribution in [2.24, 2.45) is 0 Å². The van der Waals surface area contributed by atoms with Crippen LogP contribution in [0.2, 0.25) is 0 Å². The Bertz CT molecular complexity index is 395. The fourth-order valence-corrected chi connectivity index (χ4v) is 1.70. The summed E-state index contributed by atoms with van der Waals surface area (Å²) in [5.41, 5.74) is -0.541. The van der Waals surface area contributed by atoms with Gasteiger partial charge in [-0.25, -0.2) is 8.78 Å².